The van der Waals surface area contributed by atoms with Gasteiger partial charge in [0.2, 0.25) is 0 Å². The molecule has 0 saturated heterocycles. The van der Waals surface area contributed by atoms with Crippen LogP contribution in [0.25, 0.3) is 0 Å². The van der Waals surface area contributed by atoms with Crippen molar-refractivity contribution < 1.29 is 13.5 Å². The minimum absolute atomic E-state index is 0.444. The molecule has 0 heterocycles. The summed E-state index contributed by atoms with van der Waals surface area (Å²) < 4.78 is 31.8. The molecular weight excluding hydrogens is 324 g/mol. The molecule has 0 aromatic heterocycles. The van der Waals surface area contributed by atoms with E-state index in [0.717, 1.165) is 23.8 Å². The summed E-state index contributed by atoms with van der Waals surface area (Å²) in [6, 6.07) is 11.5. The van der Waals surface area contributed by atoms with Gasteiger partial charge in [-0.05, 0) is 36.1 Å². The normalized spacial score (nSPS) is 11.3. The maximum Gasteiger partial charge on any atom is 0.190 e. The van der Waals surface area contributed by atoms with Crippen LogP contribution >= 0.6 is 0 Å². The Labute approximate surface area is 146 Å². The quantitative estimate of drug-likeness (QED) is 0.598. The van der Waals surface area contributed by atoms with Crippen LogP contribution < -0.4 is 15.4 Å². The Morgan fingerprint density at radius 1 is 1.00 bits per heavy atom. The molecule has 0 aliphatic rings. The molecule has 2 N–H and O–H groups in total. The van der Waals surface area contributed by atoms with Crippen molar-refractivity contribution in [2.75, 3.05) is 27.2 Å². The van der Waals surface area contributed by atoms with Crippen LogP contribution in [0.2, 0.25) is 0 Å². The van der Waals surface area contributed by atoms with Gasteiger partial charge in [0.1, 0.15) is 17.4 Å². The van der Waals surface area contributed by atoms with Gasteiger partial charge in [-0.1, -0.05) is 24.3 Å². The Hall–Kier alpha value is -2.63. The first-order valence-corrected chi connectivity index (χ1v) is 8.14. The van der Waals surface area contributed by atoms with E-state index in [0.29, 0.717) is 31.0 Å². The Balaban J connectivity index is 1.77. The van der Waals surface area contributed by atoms with Crippen LogP contribution in [0.4, 0.5) is 8.78 Å². The zero-order chi connectivity index (χ0) is 18.1. The first-order valence-electron chi connectivity index (χ1n) is 8.14. The van der Waals surface area contributed by atoms with E-state index in [4.69, 9.17) is 4.74 Å². The van der Waals surface area contributed by atoms with Gasteiger partial charge in [0.05, 0.1) is 7.11 Å². The van der Waals surface area contributed by atoms with Gasteiger partial charge < -0.3 is 15.4 Å². The molecule has 2 aromatic carbocycles. The zero-order valence-corrected chi connectivity index (χ0v) is 14.5. The number of aliphatic imine (C=N–C) groups is 1. The van der Waals surface area contributed by atoms with Crippen LogP contribution in [0.1, 0.15) is 11.1 Å². The molecule has 0 aliphatic heterocycles. The van der Waals surface area contributed by atoms with Crippen LogP contribution in [-0.4, -0.2) is 33.2 Å². The van der Waals surface area contributed by atoms with Gasteiger partial charge in [-0.15, -0.1) is 0 Å². The highest BCUT2D eigenvalue weighted by atomic mass is 19.1. The first-order chi connectivity index (χ1) is 12.1. The highest BCUT2D eigenvalue weighted by molar-refractivity contribution is 5.79. The lowest BCUT2D eigenvalue weighted by Gasteiger charge is -2.13. The molecule has 0 amide bonds. The minimum atomic E-state index is -0.567. The summed E-state index contributed by atoms with van der Waals surface area (Å²) in [5.74, 6) is 0.403. The van der Waals surface area contributed by atoms with E-state index in [1.165, 1.54) is 12.1 Å². The Bertz CT molecular complexity index is 720. The van der Waals surface area contributed by atoms with Gasteiger partial charge >= 0.3 is 0 Å². The summed E-state index contributed by atoms with van der Waals surface area (Å²) in [6.45, 7) is 1.18. The fourth-order valence-electron chi connectivity index (χ4n) is 2.49. The third-order valence-electron chi connectivity index (χ3n) is 3.80. The molecule has 0 radical (unpaired) electrons. The number of halogens is 2. The maximum atomic E-state index is 13.6. The topological polar surface area (TPSA) is 45.7 Å². The number of methoxy groups -OCH3 is 1. The van der Waals surface area contributed by atoms with Crippen LogP contribution in [0.5, 0.6) is 5.75 Å². The Kier molecular flexibility index (Phi) is 7.19. The van der Waals surface area contributed by atoms with Crippen molar-refractivity contribution in [2.45, 2.75) is 12.8 Å². The van der Waals surface area contributed by atoms with Gasteiger partial charge in [0.15, 0.2) is 5.96 Å². The van der Waals surface area contributed by atoms with E-state index in [9.17, 15) is 8.78 Å². The molecule has 134 valence electrons. The molecule has 2 aromatic rings. The molecule has 0 bridgehead atoms. The molecule has 2 rings (SSSR count). The maximum absolute atomic E-state index is 13.6. The van der Waals surface area contributed by atoms with E-state index in [2.05, 4.69) is 15.6 Å². The lowest BCUT2D eigenvalue weighted by atomic mass is 10.1. The second-order valence-corrected chi connectivity index (χ2v) is 5.47. The van der Waals surface area contributed by atoms with E-state index in [1.807, 2.05) is 24.3 Å². The molecule has 0 atom stereocenters. The molecular formula is C19H23F2N3O. The number of hydrogen-bond acceptors (Lipinski definition) is 2. The SMILES string of the molecule is CN=C(NCCc1ccc(F)cc1F)NCCc1ccccc1OC. The molecule has 6 heteroatoms. The molecule has 0 fully saturated rings. The van der Waals surface area contributed by atoms with E-state index >= 15 is 0 Å². The highest BCUT2D eigenvalue weighted by Gasteiger charge is 2.05. The lowest BCUT2D eigenvalue weighted by molar-refractivity contribution is 0.409. The Morgan fingerprint density at radius 3 is 2.32 bits per heavy atom. The molecule has 0 saturated carbocycles. The standard InChI is InChI=1S/C19H23F2N3O/c1-22-19(23-11-9-14-7-8-16(20)13-17(14)21)24-12-10-15-5-3-4-6-18(15)25-2/h3-8,13H,9-12H2,1-2H3,(H2,22,23,24). The number of nitrogens with zero attached hydrogens (tertiary/aromatic N) is 1. The fourth-order valence-corrected chi connectivity index (χ4v) is 2.49. The van der Waals surface area contributed by atoms with Crippen molar-refractivity contribution in [1.82, 2.24) is 10.6 Å². The summed E-state index contributed by atoms with van der Waals surface area (Å²) in [6.07, 6.45) is 1.23. The third kappa shape index (κ3) is 5.74. The van der Waals surface area contributed by atoms with E-state index in [1.54, 1.807) is 14.2 Å². The van der Waals surface area contributed by atoms with Gasteiger partial charge in [0, 0.05) is 26.2 Å². The summed E-state index contributed by atoms with van der Waals surface area (Å²) in [5.41, 5.74) is 1.58. The highest BCUT2D eigenvalue weighted by Crippen LogP contribution is 2.17. The number of rotatable bonds is 7. The summed E-state index contributed by atoms with van der Waals surface area (Å²) in [4.78, 5) is 4.14. The molecule has 0 spiro atoms. The second-order valence-electron chi connectivity index (χ2n) is 5.47. The van der Waals surface area contributed by atoms with Crippen molar-refractivity contribution >= 4 is 5.96 Å². The molecule has 4 nitrogen and oxygen atoms in total. The predicted octanol–water partition coefficient (Wildman–Crippen LogP) is 2.92. The number of ether oxygens (including phenoxy) is 1. The molecule has 25 heavy (non-hydrogen) atoms. The van der Waals surface area contributed by atoms with E-state index < -0.39 is 11.6 Å². The number of guanidine groups is 1. The summed E-state index contributed by atoms with van der Waals surface area (Å²) in [5, 5.41) is 6.33. The Morgan fingerprint density at radius 2 is 1.68 bits per heavy atom. The third-order valence-corrected chi connectivity index (χ3v) is 3.80. The lowest BCUT2D eigenvalue weighted by Crippen LogP contribution is -2.39. The fraction of sp³-hybridized carbons (Fsp3) is 0.316. The molecule has 0 unspecified atom stereocenters. The van der Waals surface area contributed by atoms with Crippen LogP contribution in [0, 0.1) is 11.6 Å². The number of benzene rings is 2. The number of para-hydroxylation sites is 1. The van der Waals surface area contributed by atoms with E-state index in [-0.39, 0.29) is 0 Å². The van der Waals surface area contributed by atoms with Gasteiger partial charge in [-0.2, -0.15) is 0 Å². The second kappa shape index (κ2) is 9.61. The summed E-state index contributed by atoms with van der Waals surface area (Å²) >= 11 is 0. The van der Waals surface area contributed by atoms with Crippen LogP contribution in [-0.2, 0) is 12.8 Å². The number of hydrogen-bond donors (Lipinski definition) is 2. The van der Waals surface area contributed by atoms with Crippen molar-refractivity contribution in [2.24, 2.45) is 4.99 Å². The van der Waals surface area contributed by atoms with Crippen molar-refractivity contribution in [3.63, 3.8) is 0 Å². The van der Waals surface area contributed by atoms with Crippen molar-refractivity contribution in [1.29, 1.82) is 0 Å². The monoisotopic (exact) mass is 347 g/mol. The van der Waals surface area contributed by atoms with Crippen molar-refractivity contribution in [3.8, 4) is 5.75 Å². The zero-order valence-electron chi connectivity index (χ0n) is 14.5. The van der Waals surface area contributed by atoms with Crippen molar-refractivity contribution in [3.05, 3.63) is 65.2 Å². The smallest absolute Gasteiger partial charge is 0.190 e. The average molecular weight is 347 g/mol. The molecule has 0 aliphatic carbocycles. The van der Waals surface area contributed by atoms with Crippen LogP contribution in [0.3, 0.4) is 0 Å². The minimum Gasteiger partial charge on any atom is -0.496 e. The van der Waals surface area contributed by atoms with Crippen LogP contribution in [0.15, 0.2) is 47.5 Å². The number of nitrogens with one attached hydrogen (secondary N) is 2. The summed E-state index contributed by atoms with van der Waals surface area (Å²) in [7, 11) is 3.33. The average Bonchev–Trinajstić information content (AvgIpc) is 2.62. The largest absolute Gasteiger partial charge is 0.496 e. The van der Waals surface area contributed by atoms with Gasteiger partial charge in [0.25, 0.3) is 0 Å². The predicted molar refractivity (Wildman–Crippen MR) is 96.1 cm³/mol. The van der Waals surface area contributed by atoms with Gasteiger partial charge in [-0.3, -0.25) is 4.99 Å². The first kappa shape index (κ1) is 18.7. The van der Waals surface area contributed by atoms with Gasteiger partial charge in [-0.25, -0.2) is 8.78 Å².